The van der Waals surface area contributed by atoms with Crippen molar-refractivity contribution in [2.75, 3.05) is 12.0 Å². The summed E-state index contributed by atoms with van der Waals surface area (Å²) >= 11 is 6.22. The molecule has 1 atom stereocenters. The average molecular weight is 291 g/mol. The first-order valence-electron chi connectivity index (χ1n) is 5.74. The Kier molecular flexibility index (Phi) is 5.59. The van der Waals surface area contributed by atoms with Crippen molar-refractivity contribution in [3.8, 4) is 0 Å². The summed E-state index contributed by atoms with van der Waals surface area (Å²) in [6.07, 6.45) is 2.42. The third-order valence-electron chi connectivity index (χ3n) is 2.81. The van der Waals surface area contributed by atoms with Crippen molar-refractivity contribution < 1.29 is 8.42 Å². The van der Waals surface area contributed by atoms with Crippen LogP contribution in [0, 0.1) is 6.92 Å². The zero-order chi connectivity index (χ0) is 13.8. The quantitative estimate of drug-likeness (QED) is 0.621. The first-order chi connectivity index (χ1) is 8.35. The van der Waals surface area contributed by atoms with E-state index in [0.29, 0.717) is 17.9 Å². The fourth-order valence-corrected chi connectivity index (χ4v) is 2.77. The van der Waals surface area contributed by atoms with Gasteiger partial charge in [-0.2, -0.15) is 0 Å². The third-order valence-corrected chi connectivity index (χ3v) is 4.35. The Labute approximate surface area is 113 Å². The van der Waals surface area contributed by atoms with Crippen LogP contribution < -0.4 is 11.3 Å². The van der Waals surface area contributed by atoms with Gasteiger partial charge in [0.05, 0.1) is 0 Å². The number of hydrogen-bond donors (Lipinski definition) is 2. The second kappa shape index (κ2) is 6.52. The highest BCUT2D eigenvalue weighted by molar-refractivity contribution is 7.90. The summed E-state index contributed by atoms with van der Waals surface area (Å²) in [5, 5.41) is 0.680. The van der Waals surface area contributed by atoms with Crippen LogP contribution in [0.15, 0.2) is 18.2 Å². The highest BCUT2D eigenvalue weighted by Gasteiger charge is 2.15. The number of nitrogens with two attached hydrogens (primary N) is 1. The molecule has 1 aromatic carbocycles. The van der Waals surface area contributed by atoms with Crippen molar-refractivity contribution in [3.63, 3.8) is 0 Å². The van der Waals surface area contributed by atoms with E-state index in [9.17, 15) is 8.42 Å². The average Bonchev–Trinajstić information content (AvgIpc) is 2.27. The van der Waals surface area contributed by atoms with Gasteiger partial charge in [0.1, 0.15) is 9.84 Å². The fraction of sp³-hybridized carbons (Fsp3) is 0.500. The molecule has 0 heterocycles. The van der Waals surface area contributed by atoms with Crippen LogP contribution in [0.4, 0.5) is 0 Å². The van der Waals surface area contributed by atoms with Crippen LogP contribution >= 0.6 is 11.6 Å². The molecule has 0 bridgehead atoms. The van der Waals surface area contributed by atoms with Gasteiger partial charge in [0.25, 0.3) is 0 Å². The molecule has 1 aromatic rings. The molecule has 0 amide bonds. The number of benzene rings is 1. The van der Waals surface area contributed by atoms with Crippen LogP contribution in [0.2, 0.25) is 5.02 Å². The maximum atomic E-state index is 11.1. The number of nitrogens with one attached hydrogen (secondary N) is 1. The molecule has 0 spiro atoms. The molecule has 1 rings (SSSR count). The van der Waals surface area contributed by atoms with Gasteiger partial charge in [-0.25, -0.2) is 8.42 Å². The number of aryl methyl sites for hydroxylation is 1. The van der Waals surface area contributed by atoms with Gasteiger partial charge < -0.3 is 0 Å². The van der Waals surface area contributed by atoms with E-state index in [1.807, 2.05) is 25.1 Å². The Hall–Kier alpha value is -0.620. The molecule has 4 nitrogen and oxygen atoms in total. The predicted octanol–water partition coefficient (Wildman–Crippen LogP) is 1.98. The predicted molar refractivity (Wildman–Crippen MR) is 75.2 cm³/mol. The van der Waals surface area contributed by atoms with E-state index in [4.69, 9.17) is 17.4 Å². The van der Waals surface area contributed by atoms with Gasteiger partial charge in [0, 0.05) is 23.1 Å². The monoisotopic (exact) mass is 290 g/mol. The van der Waals surface area contributed by atoms with Gasteiger partial charge in [-0.05, 0) is 30.9 Å². The van der Waals surface area contributed by atoms with E-state index in [0.717, 1.165) is 11.1 Å². The van der Waals surface area contributed by atoms with Crippen molar-refractivity contribution in [2.24, 2.45) is 5.84 Å². The summed E-state index contributed by atoms with van der Waals surface area (Å²) in [5.41, 5.74) is 4.59. The summed E-state index contributed by atoms with van der Waals surface area (Å²) in [6.45, 7) is 1.93. The second-order valence-electron chi connectivity index (χ2n) is 4.47. The molecule has 0 aliphatic heterocycles. The lowest BCUT2D eigenvalue weighted by Crippen LogP contribution is -2.28. The molecule has 1 unspecified atom stereocenters. The van der Waals surface area contributed by atoms with Crippen LogP contribution in [-0.4, -0.2) is 20.4 Å². The highest BCUT2D eigenvalue weighted by atomic mass is 35.5. The van der Waals surface area contributed by atoms with Gasteiger partial charge in [-0.15, -0.1) is 0 Å². The summed E-state index contributed by atoms with van der Waals surface area (Å²) in [6, 6.07) is 5.62. The minimum atomic E-state index is -2.93. The molecule has 102 valence electrons. The van der Waals surface area contributed by atoms with Crippen LogP contribution in [0.3, 0.4) is 0 Å². The Morgan fingerprint density at radius 3 is 2.67 bits per heavy atom. The summed E-state index contributed by atoms with van der Waals surface area (Å²) in [5.74, 6) is 5.68. The smallest absolute Gasteiger partial charge is 0.147 e. The lowest BCUT2D eigenvalue weighted by molar-refractivity contribution is 0.507. The van der Waals surface area contributed by atoms with Gasteiger partial charge in [-0.3, -0.25) is 11.3 Å². The van der Waals surface area contributed by atoms with Gasteiger partial charge in [0.15, 0.2) is 0 Å². The fourth-order valence-electron chi connectivity index (χ4n) is 1.82. The lowest BCUT2D eigenvalue weighted by Gasteiger charge is -2.18. The van der Waals surface area contributed by atoms with E-state index >= 15 is 0 Å². The Morgan fingerprint density at radius 1 is 1.44 bits per heavy atom. The standard InChI is InChI=1S/C12H19ClN2O2S/c1-9-5-3-6-10(12(9)13)11(15-14)7-4-8-18(2,16)17/h3,5-6,11,15H,4,7-8,14H2,1-2H3. The number of rotatable bonds is 6. The molecule has 3 N–H and O–H groups in total. The SMILES string of the molecule is Cc1cccc(C(CCCS(C)(=O)=O)NN)c1Cl. The topological polar surface area (TPSA) is 72.2 Å². The first-order valence-corrected chi connectivity index (χ1v) is 8.18. The molecule has 0 fully saturated rings. The lowest BCUT2D eigenvalue weighted by atomic mass is 10.0. The maximum Gasteiger partial charge on any atom is 0.147 e. The highest BCUT2D eigenvalue weighted by Crippen LogP contribution is 2.28. The van der Waals surface area contributed by atoms with Crippen LogP contribution in [0.5, 0.6) is 0 Å². The molecule has 6 heteroatoms. The molecule has 0 aromatic heterocycles. The van der Waals surface area contributed by atoms with Crippen molar-refractivity contribution in [2.45, 2.75) is 25.8 Å². The molecule has 0 aliphatic rings. The van der Waals surface area contributed by atoms with Crippen molar-refractivity contribution in [3.05, 3.63) is 34.3 Å². The Morgan fingerprint density at radius 2 is 2.11 bits per heavy atom. The van der Waals surface area contributed by atoms with E-state index in [1.54, 1.807) is 0 Å². The zero-order valence-electron chi connectivity index (χ0n) is 10.6. The summed E-state index contributed by atoms with van der Waals surface area (Å²) < 4.78 is 22.2. The molecule has 0 aliphatic carbocycles. The number of halogens is 1. The van der Waals surface area contributed by atoms with Crippen LogP contribution in [0.1, 0.15) is 30.0 Å². The molecular formula is C12H19ClN2O2S. The maximum absolute atomic E-state index is 11.1. The van der Waals surface area contributed by atoms with Gasteiger partial charge in [0.2, 0.25) is 0 Å². The number of hydrazine groups is 1. The second-order valence-corrected chi connectivity index (χ2v) is 7.11. The Balaban J connectivity index is 2.75. The minimum absolute atomic E-state index is 0.126. The third kappa shape index (κ3) is 4.57. The summed E-state index contributed by atoms with van der Waals surface area (Å²) in [7, 11) is -2.93. The van der Waals surface area contributed by atoms with E-state index < -0.39 is 9.84 Å². The number of hydrogen-bond acceptors (Lipinski definition) is 4. The van der Waals surface area contributed by atoms with Crippen molar-refractivity contribution in [1.29, 1.82) is 0 Å². The van der Waals surface area contributed by atoms with Crippen molar-refractivity contribution in [1.82, 2.24) is 5.43 Å². The molecular weight excluding hydrogens is 272 g/mol. The van der Waals surface area contributed by atoms with E-state index in [1.165, 1.54) is 6.26 Å². The molecule has 0 saturated heterocycles. The molecule has 0 radical (unpaired) electrons. The minimum Gasteiger partial charge on any atom is -0.271 e. The van der Waals surface area contributed by atoms with Crippen LogP contribution in [-0.2, 0) is 9.84 Å². The Bertz CT molecular complexity index is 503. The van der Waals surface area contributed by atoms with E-state index in [-0.39, 0.29) is 11.8 Å². The first kappa shape index (κ1) is 15.4. The van der Waals surface area contributed by atoms with Crippen LogP contribution in [0.25, 0.3) is 0 Å². The summed E-state index contributed by atoms with van der Waals surface area (Å²) in [4.78, 5) is 0. The van der Waals surface area contributed by atoms with Gasteiger partial charge in [-0.1, -0.05) is 29.8 Å². The van der Waals surface area contributed by atoms with E-state index in [2.05, 4.69) is 5.43 Å². The largest absolute Gasteiger partial charge is 0.271 e. The molecule has 0 saturated carbocycles. The normalized spacial score (nSPS) is 13.6. The van der Waals surface area contributed by atoms with Crippen molar-refractivity contribution >= 4 is 21.4 Å². The van der Waals surface area contributed by atoms with Gasteiger partial charge >= 0.3 is 0 Å². The molecule has 18 heavy (non-hydrogen) atoms. The zero-order valence-corrected chi connectivity index (χ0v) is 12.2. The number of sulfone groups is 1.